The van der Waals surface area contributed by atoms with Crippen LogP contribution in [-0.2, 0) is 10.0 Å². The van der Waals surface area contributed by atoms with Crippen molar-refractivity contribution in [3.8, 4) is 0 Å². The van der Waals surface area contributed by atoms with Gasteiger partial charge in [0.15, 0.2) is 10.8 Å². The molecule has 0 atom stereocenters. The van der Waals surface area contributed by atoms with Gasteiger partial charge in [-0.2, -0.15) is 13.4 Å². The van der Waals surface area contributed by atoms with E-state index in [9.17, 15) is 8.42 Å². The number of imidazole rings is 1. The molecular weight excluding hydrogens is 312 g/mol. The van der Waals surface area contributed by atoms with E-state index in [-0.39, 0.29) is 10.8 Å². The minimum atomic E-state index is -3.82. The molecule has 0 saturated carbocycles. The van der Waals surface area contributed by atoms with E-state index in [2.05, 4.69) is 15.4 Å². The van der Waals surface area contributed by atoms with Crippen molar-refractivity contribution >= 4 is 37.8 Å². The Morgan fingerprint density at radius 2 is 2.10 bits per heavy atom. The van der Waals surface area contributed by atoms with Gasteiger partial charge in [0.2, 0.25) is 5.03 Å². The summed E-state index contributed by atoms with van der Waals surface area (Å²) < 4.78 is 28.3. The standard InChI is InChI=1S/C11H12N6O2S2/c1-16(8-2-4-13-5-3-8)21(18,19)10-9(15-12)14-11-17(10)6-7-20-11/h2-7,15H,12H2,1H3. The fraction of sp³-hybridized carbons (Fsp3) is 0.0909. The predicted molar refractivity (Wildman–Crippen MR) is 80.7 cm³/mol. The number of hydrogen-bond donors (Lipinski definition) is 2. The molecule has 0 aliphatic carbocycles. The first-order chi connectivity index (χ1) is 10.1. The number of rotatable bonds is 4. The highest BCUT2D eigenvalue weighted by molar-refractivity contribution is 7.92. The van der Waals surface area contributed by atoms with Crippen LogP contribution >= 0.6 is 11.3 Å². The van der Waals surface area contributed by atoms with Gasteiger partial charge in [-0.1, -0.05) is 0 Å². The third-order valence-electron chi connectivity index (χ3n) is 2.99. The van der Waals surface area contributed by atoms with Crippen molar-refractivity contribution in [3.63, 3.8) is 0 Å². The van der Waals surface area contributed by atoms with Gasteiger partial charge >= 0.3 is 0 Å². The van der Waals surface area contributed by atoms with Gasteiger partial charge in [-0.05, 0) is 12.1 Å². The first kappa shape index (κ1) is 13.8. The molecule has 3 aromatic rings. The lowest BCUT2D eigenvalue weighted by Crippen LogP contribution is -2.28. The maximum atomic E-state index is 12.8. The van der Waals surface area contributed by atoms with Crippen molar-refractivity contribution in [2.75, 3.05) is 16.8 Å². The van der Waals surface area contributed by atoms with Crippen molar-refractivity contribution in [1.82, 2.24) is 14.4 Å². The second-order valence-electron chi connectivity index (χ2n) is 4.14. The van der Waals surface area contributed by atoms with Crippen LogP contribution in [0.3, 0.4) is 0 Å². The number of aromatic nitrogens is 3. The number of sulfonamides is 1. The van der Waals surface area contributed by atoms with Crippen LogP contribution in [-0.4, -0.2) is 29.8 Å². The number of hydrogen-bond acceptors (Lipinski definition) is 7. The quantitative estimate of drug-likeness (QED) is 0.546. The molecule has 8 nitrogen and oxygen atoms in total. The molecule has 0 aliphatic rings. The van der Waals surface area contributed by atoms with Crippen LogP contribution < -0.4 is 15.6 Å². The summed E-state index contributed by atoms with van der Waals surface area (Å²) in [6, 6.07) is 3.22. The summed E-state index contributed by atoms with van der Waals surface area (Å²) in [4.78, 5) is 8.58. The highest BCUT2D eigenvalue weighted by Crippen LogP contribution is 2.29. The Kier molecular flexibility index (Phi) is 3.27. The zero-order valence-corrected chi connectivity index (χ0v) is 12.6. The summed E-state index contributed by atoms with van der Waals surface area (Å²) in [6.45, 7) is 0. The molecule has 10 heteroatoms. The number of nitrogen functional groups attached to an aromatic ring is 1. The molecule has 0 saturated heterocycles. The zero-order chi connectivity index (χ0) is 15.0. The van der Waals surface area contributed by atoms with Gasteiger partial charge in [-0.15, -0.1) is 11.3 Å². The molecule has 0 unspecified atom stereocenters. The monoisotopic (exact) mass is 324 g/mol. The molecule has 0 amide bonds. The minimum absolute atomic E-state index is 0.000521. The van der Waals surface area contributed by atoms with Crippen LogP contribution in [0.2, 0.25) is 0 Å². The predicted octanol–water partition coefficient (Wildman–Crippen LogP) is 0.901. The van der Waals surface area contributed by atoms with Crippen molar-refractivity contribution in [2.24, 2.45) is 5.84 Å². The van der Waals surface area contributed by atoms with E-state index in [0.29, 0.717) is 10.6 Å². The van der Waals surface area contributed by atoms with Gasteiger partial charge in [0.1, 0.15) is 0 Å². The number of anilines is 2. The number of fused-ring (bicyclic) bond motifs is 1. The lowest BCUT2D eigenvalue weighted by Gasteiger charge is -2.19. The fourth-order valence-corrected chi connectivity index (χ4v) is 4.10. The van der Waals surface area contributed by atoms with Gasteiger partial charge in [0.25, 0.3) is 10.0 Å². The van der Waals surface area contributed by atoms with E-state index in [1.54, 1.807) is 23.7 Å². The lowest BCUT2D eigenvalue weighted by atomic mass is 10.4. The van der Waals surface area contributed by atoms with Crippen molar-refractivity contribution in [1.29, 1.82) is 0 Å². The Hall–Kier alpha value is -2.17. The number of pyridine rings is 1. The van der Waals surface area contributed by atoms with E-state index in [0.717, 1.165) is 4.31 Å². The third-order valence-corrected chi connectivity index (χ3v) is 5.55. The maximum Gasteiger partial charge on any atom is 0.284 e. The molecule has 0 aromatic carbocycles. The van der Waals surface area contributed by atoms with Gasteiger partial charge in [0.05, 0.1) is 5.69 Å². The number of hydrazine groups is 1. The maximum absolute atomic E-state index is 12.8. The van der Waals surface area contributed by atoms with Crippen LogP contribution in [0.25, 0.3) is 4.96 Å². The first-order valence-corrected chi connectivity index (χ1v) is 8.19. The number of nitrogens with two attached hydrogens (primary N) is 1. The Labute approximate surface area is 124 Å². The van der Waals surface area contributed by atoms with E-state index < -0.39 is 10.0 Å². The normalized spacial score (nSPS) is 11.7. The fourth-order valence-electron chi connectivity index (χ4n) is 1.93. The third kappa shape index (κ3) is 2.13. The molecule has 3 rings (SSSR count). The highest BCUT2D eigenvalue weighted by Gasteiger charge is 2.30. The van der Waals surface area contributed by atoms with E-state index >= 15 is 0 Å². The summed E-state index contributed by atoms with van der Waals surface area (Å²) >= 11 is 1.32. The van der Waals surface area contributed by atoms with E-state index in [1.807, 2.05) is 0 Å². The summed E-state index contributed by atoms with van der Waals surface area (Å²) in [5, 5.41) is 1.76. The summed E-state index contributed by atoms with van der Waals surface area (Å²) in [7, 11) is -2.35. The smallest absolute Gasteiger partial charge is 0.284 e. The molecule has 0 radical (unpaired) electrons. The van der Waals surface area contributed by atoms with Gasteiger partial charge < -0.3 is 5.43 Å². The molecule has 0 bridgehead atoms. The van der Waals surface area contributed by atoms with Gasteiger partial charge in [0, 0.05) is 31.0 Å². The van der Waals surface area contributed by atoms with Crippen molar-refractivity contribution in [2.45, 2.75) is 5.03 Å². The zero-order valence-electron chi connectivity index (χ0n) is 11.0. The van der Waals surface area contributed by atoms with Gasteiger partial charge in [-0.3, -0.25) is 13.7 Å². The average molecular weight is 324 g/mol. The highest BCUT2D eigenvalue weighted by atomic mass is 32.2. The van der Waals surface area contributed by atoms with Crippen LogP contribution in [0.4, 0.5) is 11.5 Å². The Morgan fingerprint density at radius 1 is 1.38 bits per heavy atom. The number of nitrogens with one attached hydrogen (secondary N) is 1. The van der Waals surface area contributed by atoms with E-state index in [4.69, 9.17) is 5.84 Å². The summed E-state index contributed by atoms with van der Waals surface area (Å²) in [5.41, 5.74) is 2.84. The minimum Gasteiger partial charge on any atom is -0.306 e. The van der Waals surface area contributed by atoms with Crippen molar-refractivity contribution < 1.29 is 8.42 Å². The second-order valence-corrected chi connectivity index (χ2v) is 6.90. The Bertz CT molecular complexity index is 871. The van der Waals surface area contributed by atoms with Crippen molar-refractivity contribution in [3.05, 3.63) is 36.1 Å². The Morgan fingerprint density at radius 3 is 2.76 bits per heavy atom. The van der Waals surface area contributed by atoms with Crippen LogP contribution in [0, 0.1) is 0 Å². The molecule has 0 aliphatic heterocycles. The lowest BCUT2D eigenvalue weighted by molar-refractivity contribution is 0.590. The largest absolute Gasteiger partial charge is 0.306 e. The number of thiazole rings is 1. The molecule has 3 N–H and O–H groups in total. The van der Waals surface area contributed by atoms with Gasteiger partial charge in [-0.25, -0.2) is 5.84 Å². The molecule has 0 spiro atoms. The van der Waals surface area contributed by atoms with Crippen LogP contribution in [0.1, 0.15) is 0 Å². The number of nitrogens with zero attached hydrogens (tertiary/aromatic N) is 4. The average Bonchev–Trinajstić information content (AvgIpc) is 3.06. The van der Waals surface area contributed by atoms with Crippen LogP contribution in [0.5, 0.6) is 0 Å². The molecule has 21 heavy (non-hydrogen) atoms. The Balaban J connectivity index is 2.18. The van der Waals surface area contributed by atoms with Crippen LogP contribution in [0.15, 0.2) is 41.1 Å². The first-order valence-electron chi connectivity index (χ1n) is 5.87. The summed E-state index contributed by atoms with van der Waals surface area (Å²) in [6.07, 6.45) is 4.70. The van der Waals surface area contributed by atoms with E-state index in [1.165, 1.54) is 35.2 Å². The molecule has 3 aromatic heterocycles. The molecule has 3 heterocycles. The summed E-state index contributed by atoms with van der Waals surface area (Å²) in [5.74, 6) is 5.51. The topological polar surface area (TPSA) is 106 Å². The molecular formula is C11H12N6O2S2. The molecule has 110 valence electrons. The SMILES string of the molecule is CN(c1ccncc1)S(=O)(=O)c1c(NN)nc2sccn12. The molecule has 0 fully saturated rings. The second kappa shape index (κ2) is 4.98.